The Kier molecular flexibility index (Phi) is 5.90. The van der Waals surface area contributed by atoms with E-state index in [0.717, 1.165) is 0 Å². The van der Waals surface area contributed by atoms with Crippen molar-refractivity contribution in [2.24, 2.45) is 0 Å². The van der Waals surface area contributed by atoms with Crippen LogP contribution in [0.3, 0.4) is 0 Å². The zero-order valence-corrected chi connectivity index (χ0v) is 18.3. The van der Waals surface area contributed by atoms with E-state index in [0.29, 0.717) is 34.1 Å². The lowest BCUT2D eigenvalue weighted by molar-refractivity contribution is -0.117. The van der Waals surface area contributed by atoms with Gasteiger partial charge >= 0.3 is 12.2 Å². The molecular formula is C26H16N2O8. The van der Waals surface area contributed by atoms with Crippen molar-refractivity contribution in [1.29, 1.82) is 0 Å². The van der Waals surface area contributed by atoms with Crippen LogP contribution in [0, 0.1) is 0 Å². The Morgan fingerprint density at radius 2 is 0.972 bits per heavy atom. The number of rotatable bonds is 6. The fourth-order valence-corrected chi connectivity index (χ4v) is 3.28. The summed E-state index contributed by atoms with van der Waals surface area (Å²) in [6.07, 6.45) is 1.31. The van der Waals surface area contributed by atoms with Crippen LogP contribution in [0.5, 0.6) is 23.0 Å². The first-order chi connectivity index (χ1) is 17.4. The molecule has 0 spiro atoms. The van der Waals surface area contributed by atoms with Gasteiger partial charge in [0.25, 0.3) is 11.8 Å². The van der Waals surface area contributed by atoms with Crippen LogP contribution in [0.25, 0.3) is 12.2 Å². The summed E-state index contributed by atoms with van der Waals surface area (Å²) in [4.78, 5) is 45.3. The van der Waals surface area contributed by atoms with Gasteiger partial charge in [0.1, 0.15) is 23.0 Å². The van der Waals surface area contributed by atoms with Crippen LogP contribution in [0.4, 0.5) is 9.59 Å². The zero-order chi connectivity index (χ0) is 25.1. The molecule has 0 saturated carbocycles. The number of alkyl carbamates (subject to hydrolysis) is 2. The Hall–Kier alpha value is -5.38. The second-order valence-electron chi connectivity index (χ2n) is 7.52. The molecule has 3 aromatic carbocycles. The van der Waals surface area contributed by atoms with Gasteiger partial charge in [-0.3, -0.25) is 20.2 Å². The van der Waals surface area contributed by atoms with E-state index in [2.05, 4.69) is 0 Å². The van der Waals surface area contributed by atoms with Gasteiger partial charge < -0.3 is 18.9 Å². The Labute approximate surface area is 203 Å². The quantitative estimate of drug-likeness (QED) is 0.490. The van der Waals surface area contributed by atoms with Crippen molar-refractivity contribution in [3.63, 3.8) is 0 Å². The van der Waals surface area contributed by atoms with E-state index in [9.17, 15) is 19.2 Å². The molecule has 36 heavy (non-hydrogen) atoms. The first-order valence-electron chi connectivity index (χ1n) is 10.6. The Morgan fingerprint density at radius 1 is 0.556 bits per heavy atom. The fraction of sp³-hybridized carbons (Fsp3) is 0. The number of carbonyl (C=O) groups excluding carboxylic acids is 4. The van der Waals surface area contributed by atoms with Gasteiger partial charge in [-0.1, -0.05) is 30.3 Å². The van der Waals surface area contributed by atoms with Gasteiger partial charge in [0, 0.05) is 6.07 Å². The number of hydrogen-bond acceptors (Lipinski definition) is 8. The molecule has 2 aliphatic rings. The minimum atomic E-state index is -0.799. The predicted molar refractivity (Wildman–Crippen MR) is 125 cm³/mol. The van der Waals surface area contributed by atoms with Crippen LogP contribution in [0.2, 0.25) is 0 Å². The van der Waals surface area contributed by atoms with Gasteiger partial charge in [0.2, 0.25) is 0 Å². The number of cyclic esters (lactones) is 2. The molecule has 0 aromatic heterocycles. The van der Waals surface area contributed by atoms with Crippen molar-refractivity contribution in [2.75, 3.05) is 0 Å². The fourth-order valence-electron chi connectivity index (χ4n) is 3.28. The highest BCUT2D eigenvalue weighted by molar-refractivity contribution is 6.10. The highest BCUT2D eigenvalue weighted by Gasteiger charge is 2.26. The molecule has 0 unspecified atom stereocenters. The Balaban J connectivity index is 1.22. The topological polar surface area (TPSA) is 129 Å². The second kappa shape index (κ2) is 9.47. The van der Waals surface area contributed by atoms with Crippen LogP contribution in [-0.2, 0) is 19.1 Å². The first kappa shape index (κ1) is 22.4. The number of hydrogen-bond donors (Lipinski definition) is 2. The van der Waals surface area contributed by atoms with E-state index < -0.39 is 24.0 Å². The molecule has 3 aromatic rings. The Bertz CT molecular complexity index is 1330. The van der Waals surface area contributed by atoms with Gasteiger partial charge in [-0.25, -0.2) is 9.59 Å². The summed E-state index contributed by atoms with van der Waals surface area (Å²) in [5.41, 5.74) is 1.31. The van der Waals surface area contributed by atoms with E-state index in [4.69, 9.17) is 18.9 Å². The summed E-state index contributed by atoms with van der Waals surface area (Å²) >= 11 is 0. The van der Waals surface area contributed by atoms with E-state index in [1.54, 1.807) is 72.8 Å². The summed E-state index contributed by atoms with van der Waals surface area (Å²) in [5, 5.41) is 4.07. The standard InChI is InChI=1S/C26H16N2O8/c29-23-21(35-25(31)27-23)12-15-4-8-17(9-5-15)33-19-2-1-3-20(14-19)34-18-10-6-16(7-11-18)13-22-24(30)28-26(32)36-22/h1-14H,(H,27,29,31)(H,28,30,32). The van der Waals surface area contributed by atoms with Crippen molar-refractivity contribution >= 4 is 36.2 Å². The van der Waals surface area contributed by atoms with E-state index in [1.165, 1.54) is 12.2 Å². The number of nitrogens with one attached hydrogen (secondary N) is 2. The largest absolute Gasteiger partial charge is 0.457 e. The Morgan fingerprint density at radius 3 is 1.33 bits per heavy atom. The molecule has 2 aliphatic heterocycles. The maximum Gasteiger partial charge on any atom is 0.419 e. The molecule has 5 rings (SSSR count). The molecule has 2 heterocycles. The van der Waals surface area contributed by atoms with Crippen molar-refractivity contribution < 1.29 is 38.1 Å². The van der Waals surface area contributed by atoms with Crippen molar-refractivity contribution in [2.45, 2.75) is 0 Å². The lowest BCUT2D eigenvalue weighted by Crippen LogP contribution is -2.18. The average molecular weight is 484 g/mol. The molecule has 0 atom stereocenters. The lowest BCUT2D eigenvalue weighted by atomic mass is 10.2. The molecule has 2 fully saturated rings. The molecule has 2 N–H and O–H groups in total. The van der Waals surface area contributed by atoms with Gasteiger partial charge in [-0.2, -0.15) is 0 Å². The number of amides is 4. The third kappa shape index (κ3) is 5.23. The average Bonchev–Trinajstić information content (AvgIpc) is 3.34. The third-order valence-electron chi connectivity index (χ3n) is 4.92. The van der Waals surface area contributed by atoms with Gasteiger partial charge in [-0.15, -0.1) is 0 Å². The number of benzene rings is 3. The van der Waals surface area contributed by atoms with E-state index >= 15 is 0 Å². The molecule has 10 heteroatoms. The number of ether oxygens (including phenoxy) is 4. The zero-order valence-electron chi connectivity index (χ0n) is 18.3. The molecule has 2 saturated heterocycles. The third-order valence-corrected chi connectivity index (χ3v) is 4.92. The molecule has 178 valence electrons. The second-order valence-corrected chi connectivity index (χ2v) is 7.52. The number of imide groups is 2. The minimum Gasteiger partial charge on any atom is -0.457 e. The molecule has 0 bridgehead atoms. The van der Waals surface area contributed by atoms with Crippen LogP contribution < -0.4 is 20.1 Å². The van der Waals surface area contributed by atoms with Gasteiger partial charge in [0.05, 0.1) is 0 Å². The minimum absolute atomic E-state index is 0.0735. The van der Waals surface area contributed by atoms with Crippen molar-refractivity contribution in [3.05, 3.63) is 95.4 Å². The van der Waals surface area contributed by atoms with Gasteiger partial charge in [-0.05, 0) is 59.7 Å². The summed E-state index contributed by atoms with van der Waals surface area (Å²) in [5.74, 6) is 0.862. The number of carbonyl (C=O) groups is 4. The van der Waals surface area contributed by atoms with E-state index in [1.807, 2.05) is 10.6 Å². The van der Waals surface area contributed by atoms with Crippen molar-refractivity contribution in [3.8, 4) is 23.0 Å². The van der Waals surface area contributed by atoms with Crippen molar-refractivity contribution in [1.82, 2.24) is 10.6 Å². The smallest absolute Gasteiger partial charge is 0.419 e. The SMILES string of the molecule is O=C1NC(=O)C(=Cc2ccc(Oc3cccc(Oc4ccc(C=C5OC(=O)NC5=O)cc4)c3)cc2)O1. The highest BCUT2D eigenvalue weighted by atomic mass is 16.6. The van der Waals surface area contributed by atoms with Crippen LogP contribution >= 0.6 is 0 Å². The molecule has 0 radical (unpaired) electrons. The summed E-state index contributed by atoms with van der Waals surface area (Å²) in [6, 6.07) is 20.8. The summed E-state index contributed by atoms with van der Waals surface area (Å²) < 4.78 is 21.3. The maximum absolute atomic E-state index is 11.6. The maximum atomic E-state index is 11.6. The molecule has 10 nitrogen and oxygen atoms in total. The van der Waals surface area contributed by atoms with Crippen LogP contribution in [0.1, 0.15) is 11.1 Å². The van der Waals surface area contributed by atoms with Crippen LogP contribution in [0.15, 0.2) is 84.3 Å². The van der Waals surface area contributed by atoms with Gasteiger partial charge in [0.15, 0.2) is 11.5 Å². The molecule has 4 amide bonds. The van der Waals surface area contributed by atoms with Crippen LogP contribution in [-0.4, -0.2) is 24.0 Å². The summed E-state index contributed by atoms with van der Waals surface area (Å²) in [6.45, 7) is 0. The predicted octanol–water partition coefficient (Wildman–Crippen LogP) is 4.49. The molecular weight excluding hydrogens is 468 g/mol. The highest BCUT2D eigenvalue weighted by Crippen LogP contribution is 2.29. The normalized spacial score (nSPS) is 17.0. The summed E-state index contributed by atoms with van der Waals surface area (Å²) in [7, 11) is 0. The first-order valence-corrected chi connectivity index (χ1v) is 10.6. The molecule has 0 aliphatic carbocycles. The van der Waals surface area contributed by atoms with E-state index in [-0.39, 0.29) is 11.5 Å². The monoisotopic (exact) mass is 484 g/mol. The lowest BCUT2D eigenvalue weighted by Gasteiger charge is -2.10.